The van der Waals surface area contributed by atoms with Crippen LogP contribution < -0.4 is 5.69 Å². The van der Waals surface area contributed by atoms with Gasteiger partial charge in [-0.1, -0.05) is 55.3 Å². The molecule has 0 saturated carbocycles. The summed E-state index contributed by atoms with van der Waals surface area (Å²) in [4.78, 5) is 17.5. The van der Waals surface area contributed by atoms with Crippen LogP contribution >= 0.6 is 11.6 Å². The van der Waals surface area contributed by atoms with Crippen molar-refractivity contribution in [2.75, 3.05) is 0 Å². The lowest BCUT2D eigenvalue weighted by atomic mass is 10.0. The Morgan fingerprint density at radius 2 is 1.91 bits per heavy atom. The predicted molar refractivity (Wildman–Crippen MR) is 131 cm³/mol. The fourth-order valence-corrected chi connectivity index (χ4v) is 4.36. The number of rotatable bonds is 7. The maximum Gasteiger partial charge on any atom is 0.333 e. The number of para-hydroxylation sites is 1. The summed E-state index contributed by atoms with van der Waals surface area (Å²) < 4.78 is 17.5. The molecule has 0 saturated heterocycles. The number of aromatic amines is 1. The Hall–Kier alpha value is -4.11. The second-order valence-electron chi connectivity index (χ2n) is 8.05. The van der Waals surface area contributed by atoms with Gasteiger partial charge in [-0.2, -0.15) is 0 Å². The summed E-state index contributed by atoms with van der Waals surface area (Å²) in [7, 11) is 0. The van der Waals surface area contributed by atoms with Gasteiger partial charge in [-0.15, -0.1) is 5.10 Å². The molecular formula is C25H21ClFN7O. The van der Waals surface area contributed by atoms with E-state index in [1.54, 1.807) is 29.2 Å². The largest absolute Gasteiger partial charge is 0.333 e. The third-order valence-electron chi connectivity index (χ3n) is 5.77. The Bertz CT molecular complexity index is 1500. The van der Waals surface area contributed by atoms with E-state index in [1.165, 1.54) is 16.7 Å². The van der Waals surface area contributed by atoms with E-state index < -0.39 is 5.82 Å². The summed E-state index contributed by atoms with van der Waals surface area (Å²) in [6.45, 7) is 2.38. The number of tetrazole rings is 1. The first-order valence-electron chi connectivity index (χ1n) is 11.1. The van der Waals surface area contributed by atoms with Crippen LogP contribution in [-0.2, 0) is 13.0 Å². The smallest absolute Gasteiger partial charge is 0.292 e. The number of aryl methyl sites for hydroxylation is 1. The molecule has 0 radical (unpaired) electrons. The van der Waals surface area contributed by atoms with E-state index >= 15 is 0 Å². The molecule has 176 valence electrons. The second-order valence-corrected chi connectivity index (χ2v) is 8.45. The molecule has 1 N–H and O–H groups in total. The Kier molecular flexibility index (Phi) is 6.24. The molecule has 0 aliphatic heterocycles. The zero-order valence-electron chi connectivity index (χ0n) is 18.8. The van der Waals surface area contributed by atoms with Crippen LogP contribution in [0.4, 0.5) is 4.39 Å². The van der Waals surface area contributed by atoms with Crippen molar-refractivity contribution < 1.29 is 4.39 Å². The van der Waals surface area contributed by atoms with Gasteiger partial charge in [0.2, 0.25) is 0 Å². The van der Waals surface area contributed by atoms with Crippen LogP contribution in [0.5, 0.6) is 0 Å². The van der Waals surface area contributed by atoms with Crippen molar-refractivity contribution in [3.8, 4) is 28.2 Å². The molecule has 0 bridgehead atoms. The van der Waals surface area contributed by atoms with Gasteiger partial charge in [-0.3, -0.25) is 14.1 Å². The number of pyridine rings is 1. The van der Waals surface area contributed by atoms with E-state index in [0.29, 0.717) is 18.8 Å². The van der Waals surface area contributed by atoms with Gasteiger partial charge in [0, 0.05) is 35.4 Å². The highest BCUT2D eigenvalue weighted by Crippen LogP contribution is 2.29. The molecule has 0 fully saturated rings. The third-order valence-corrected chi connectivity index (χ3v) is 6.08. The lowest BCUT2D eigenvalue weighted by Gasteiger charge is -2.10. The van der Waals surface area contributed by atoms with E-state index in [1.807, 2.05) is 37.3 Å². The summed E-state index contributed by atoms with van der Waals surface area (Å²) in [5, 5.41) is 14.3. The Morgan fingerprint density at radius 3 is 2.63 bits per heavy atom. The fraction of sp³-hybridized carbons (Fsp3) is 0.160. The summed E-state index contributed by atoms with van der Waals surface area (Å²) in [5.74, 6) is 0.00811. The van der Waals surface area contributed by atoms with Gasteiger partial charge in [0.05, 0.1) is 11.6 Å². The van der Waals surface area contributed by atoms with Crippen molar-refractivity contribution in [3.05, 3.63) is 99.7 Å². The summed E-state index contributed by atoms with van der Waals surface area (Å²) in [6.07, 6.45) is 6.64. The first-order chi connectivity index (χ1) is 17.1. The quantitative estimate of drug-likeness (QED) is 0.358. The van der Waals surface area contributed by atoms with Gasteiger partial charge in [0.15, 0.2) is 5.82 Å². The van der Waals surface area contributed by atoms with Crippen LogP contribution in [0.1, 0.15) is 24.6 Å². The highest BCUT2D eigenvalue weighted by molar-refractivity contribution is 6.32. The molecule has 8 nitrogen and oxygen atoms in total. The van der Waals surface area contributed by atoms with Crippen molar-refractivity contribution >= 4 is 11.6 Å². The number of nitrogens with zero attached hydrogens (tertiary/aromatic N) is 6. The number of imidazole rings is 1. The molecule has 0 aliphatic carbocycles. The summed E-state index contributed by atoms with van der Waals surface area (Å²) in [5.41, 5.74) is 4.11. The fourth-order valence-electron chi connectivity index (χ4n) is 4.11. The van der Waals surface area contributed by atoms with Crippen LogP contribution in [0.15, 0.2) is 71.9 Å². The standard InChI is InChI=1S/C25H21ClFN7O/c1-2-4-18-15-34(23-21(26)5-3-6-22(23)27)25(35)33(18)14-16-7-9-17(10-8-16)20-13-28-12-11-19(20)24-29-31-32-30-24/h3,5-13,15H,2,4,14H2,1H3,(H,29,30,31,32). The van der Waals surface area contributed by atoms with Crippen LogP contribution in [-0.4, -0.2) is 34.7 Å². The molecule has 0 atom stereocenters. The van der Waals surface area contributed by atoms with Gasteiger partial charge >= 0.3 is 5.69 Å². The van der Waals surface area contributed by atoms with Crippen LogP contribution in [0.3, 0.4) is 0 Å². The highest BCUT2D eigenvalue weighted by atomic mass is 35.5. The van der Waals surface area contributed by atoms with Gasteiger partial charge < -0.3 is 0 Å². The number of aromatic nitrogens is 7. The number of benzene rings is 2. The lowest BCUT2D eigenvalue weighted by molar-refractivity contribution is 0.613. The van der Waals surface area contributed by atoms with Crippen molar-refractivity contribution in [2.24, 2.45) is 0 Å². The maximum absolute atomic E-state index is 14.5. The van der Waals surface area contributed by atoms with E-state index in [-0.39, 0.29) is 16.4 Å². The van der Waals surface area contributed by atoms with Crippen LogP contribution in [0, 0.1) is 5.82 Å². The molecule has 3 heterocycles. The minimum Gasteiger partial charge on any atom is -0.292 e. The molecule has 0 unspecified atom stereocenters. The van der Waals surface area contributed by atoms with Crippen LogP contribution in [0.25, 0.3) is 28.2 Å². The number of hydrogen-bond acceptors (Lipinski definition) is 5. The number of H-pyrrole nitrogens is 1. The molecule has 0 aliphatic rings. The topological polar surface area (TPSA) is 94.3 Å². The van der Waals surface area contributed by atoms with Crippen molar-refractivity contribution in [1.29, 1.82) is 0 Å². The summed E-state index contributed by atoms with van der Waals surface area (Å²) in [6, 6.07) is 14.1. The van der Waals surface area contributed by atoms with Gasteiger partial charge in [-0.05, 0) is 46.2 Å². The molecule has 0 amide bonds. The predicted octanol–water partition coefficient (Wildman–Crippen LogP) is 4.67. The van der Waals surface area contributed by atoms with Crippen molar-refractivity contribution in [3.63, 3.8) is 0 Å². The molecule has 10 heteroatoms. The highest BCUT2D eigenvalue weighted by Gasteiger charge is 2.18. The van der Waals surface area contributed by atoms with Gasteiger partial charge in [0.25, 0.3) is 0 Å². The molecule has 5 aromatic rings. The molecule has 3 aromatic heterocycles. The Balaban J connectivity index is 1.49. The average Bonchev–Trinajstić information content (AvgIpc) is 3.50. The Labute approximate surface area is 205 Å². The Morgan fingerprint density at radius 1 is 1.09 bits per heavy atom. The third kappa shape index (κ3) is 4.38. The lowest BCUT2D eigenvalue weighted by Crippen LogP contribution is -2.25. The van der Waals surface area contributed by atoms with E-state index in [9.17, 15) is 9.18 Å². The molecule has 35 heavy (non-hydrogen) atoms. The van der Waals surface area contributed by atoms with Crippen molar-refractivity contribution in [2.45, 2.75) is 26.3 Å². The van der Waals surface area contributed by atoms with E-state index in [4.69, 9.17) is 11.6 Å². The molecule has 2 aromatic carbocycles. The van der Waals surface area contributed by atoms with Gasteiger partial charge in [-0.25, -0.2) is 14.3 Å². The number of hydrogen-bond donors (Lipinski definition) is 1. The van der Waals surface area contributed by atoms with Gasteiger partial charge in [0.1, 0.15) is 11.5 Å². The van der Waals surface area contributed by atoms with E-state index in [2.05, 4.69) is 25.6 Å². The minimum absolute atomic E-state index is 0.0663. The van der Waals surface area contributed by atoms with Crippen molar-refractivity contribution in [1.82, 2.24) is 34.7 Å². The van der Waals surface area contributed by atoms with E-state index in [0.717, 1.165) is 34.4 Å². The van der Waals surface area contributed by atoms with Crippen LogP contribution in [0.2, 0.25) is 5.02 Å². The monoisotopic (exact) mass is 489 g/mol. The molecule has 0 spiro atoms. The zero-order valence-corrected chi connectivity index (χ0v) is 19.6. The average molecular weight is 490 g/mol. The number of nitrogens with one attached hydrogen (secondary N) is 1. The number of halogens is 2. The molecular weight excluding hydrogens is 469 g/mol. The summed E-state index contributed by atoms with van der Waals surface area (Å²) >= 11 is 6.23. The SMILES string of the molecule is CCCc1cn(-c2c(F)cccc2Cl)c(=O)n1Cc1ccc(-c2cnccc2-c2nnn[nH]2)cc1. The normalized spacial score (nSPS) is 11.2. The molecule has 5 rings (SSSR count). The second kappa shape index (κ2) is 9.63. The first kappa shape index (κ1) is 22.7. The first-order valence-corrected chi connectivity index (χ1v) is 11.5. The maximum atomic E-state index is 14.5. The minimum atomic E-state index is -0.543. The zero-order chi connectivity index (χ0) is 24.4.